The van der Waals surface area contributed by atoms with Crippen LogP contribution < -0.4 is 4.74 Å². The van der Waals surface area contributed by atoms with Crippen LogP contribution in [0.4, 0.5) is 0 Å². The van der Waals surface area contributed by atoms with Crippen LogP contribution in [0.3, 0.4) is 0 Å². The van der Waals surface area contributed by atoms with Crippen molar-refractivity contribution in [2.24, 2.45) is 5.92 Å². The molecule has 2 aromatic rings. The molecule has 0 unspecified atom stereocenters. The van der Waals surface area contributed by atoms with Crippen molar-refractivity contribution < 1.29 is 14.3 Å². The third kappa shape index (κ3) is 5.20. The topological polar surface area (TPSA) is 49.9 Å². The third-order valence-electron chi connectivity index (χ3n) is 5.38. The van der Waals surface area contributed by atoms with Gasteiger partial charge in [0, 0.05) is 25.1 Å². The predicted molar refractivity (Wildman–Crippen MR) is 109 cm³/mol. The summed E-state index contributed by atoms with van der Waals surface area (Å²) in [6, 6.07) is 17.3. The molecule has 5 heteroatoms. The molecule has 1 amide bonds. The van der Waals surface area contributed by atoms with Crippen LogP contribution in [0.25, 0.3) is 0 Å². The number of methoxy groups -OCH3 is 1. The zero-order valence-electron chi connectivity index (χ0n) is 16.6. The molecule has 28 heavy (non-hydrogen) atoms. The Morgan fingerprint density at radius 2 is 1.68 bits per heavy atom. The summed E-state index contributed by atoms with van der Waals surface area (Å²) in [7, 11) is 3.47. The number of nitrogens with zero attached hydrogens (tertiary/aromatic N) is 2. The van der Waals surface area contributed by atoms with E-state index in [-0.39, 0.29) is 17.6 Å². The van der Waals surface area contributed by atoms with Gasteiger partial charge in [-0.2, -0.15) is 0 Å². The van der Waals surface area contributed by atoms with E-state index in [4.69, 9.17) is 4.74 Å². The van der Waals surface area contributed by atoms with Gasteiger partial charge in [0.1, 0.15) is 5.75 Å². The number of ketones is 1. The fourth-order valence-corrected chi connectivity index (χ4v) is 3.60. The third-order valence-corrected chi connectivity index (χ3v) is 5.38. The molecular weight excluding hydrogens is 352 g/mol. The first kappa shape index (κ1) is 20.1. The molecular formula is C23H28N2O3. The van der Waals surface area contributed by atoms with Crippen molar-refractivity contribution in [1.82, 2.24) is 9.80 Å². The molecule has 1 fully saturated rings. The van der Waals surface area contributed by atoms with E-state index in [0.717, 1.165) is 42.8 Å². The van der Waals surface area contributed by atoms with E-state index in [2.05, 4.69) is 4.90 Å². The van der Waals surface area contributed by atoms with Gasteiger partial charge in [-0.05, 0) is 43.6 Å². The molecule has 0 bridgehead atoms. The van der Waals surface area contributed by atoms with Crippen LogP contribution in [0.2, 0.25) is 0 Å². The molecule has 0 N–H and O–H groups in total. The van der Waals surface area contributed by atoms with E-state index in [0.29, 0.717) is 13.1 Å². The number of likely N-dealkylation sites (tertiary alicyclic amines) is 1. The monoisotopic (exact) mass is 380 g/mol. The molecule has 1 saturated heterocycles. The van der Waals surface area contributed by atoms with Crippen molar-refractivity contribution in [1.29, 1.82) is 0 Å². The number of carbonyl (C=O) groups is 2. The van der Waals surface area contributed by atoms with Gasteiger partial charge in [0.05, 0.1) is 13.7 Å². The summed E-state index contributed by atoms with van der Waals surface area (Å²) in [4.78, 5) is 29.1. The summed E-state index contributed by atoms with van der Waals surface area (Å²) in [6.45, 7) is 2.54. The quantitative estimate of drug-likeness (QED) is 0.692. The summed E-state index contributed by atoms with van der Waals surface area (Å²) in [5, 5.41) is 0. The first-order valence-corrected chi connectivity index (χ1v) is 9.75. The van der Waals surface area contributed by atoms with Crippen LogP contribution >= 0.6 is 0 Å². The highest BCUT2D eigenvalue weighted by atomic mass is 16.5. The van der Waals surface area contributed by atoms with Gasteiger partial charge < -0.3 is 9.64 Å². The zero-order chi connectivity index (χ0) is 19.9. The lowest BCUT2D eigenvalue weighted by atomic mass is 9.89. The van der Waals surface area contributed by atoms with Crippen LogP contribution in [-0.4, -0.2) is 55.3 Å². The minimum Gasteiger partial charge on any atom is -0.497 e. The average Bonchev–Trinajstić information content (AvgIpc) is 2.75. The SMILES string of the molecule is COc1ccc(CN(C)C(=O)CN2CCC(C(=O)c3ccccc3)CC2)cc1. The number of hydrogen-bond donors (Lipinski definition) is 0. The number of amides is 1. The Morgan fingerprint density at radius 1 is 1.04 bits per heavy atom. The molecule has 148 valence electrons. The second-order valence-electron chi connectivity index (χ2n) is 7.38. The highest BCUT2D eigenvalue weighted by molar-refractivity contribution is 5.97. The molecule has 0 radical (unpaired) electrons. The Labute approximate surface area is 166 Å². The number of piperidine rings is 1. The lowest BCUT2D eigenvalue weighted by molar-refractivity contribution is -0.131. The maximum atomic E-state index is 12.6. The smallest absolute Gasteiger partial charge is 0.236 e. The van der Waals surface area contributed by atoms with Crippen LogP contribution in [0, 0.1) is 5.92 Å². The number of Topliss-reactive ketones (excluding diaryl/α,β-unsaturated/α-hetero) is 1. The van der Waals surface area contributed by atoms with Gasteiger partial charge in [0.2, 0.25) is 5.91 Å². The van der Waals surface area contributed by atoms with E-state index >= 15 is 0 Å². The highest BCUT2D eigenvalue weighted by Gasteiger charge is 2.27. The first-order chi connectivity index (χ1) is 13.6. The van der Waals surface area contributed by atoms with Gasteiger partial charge in [0.25, 0.3) is 0 Å². The Balaban J connectivity index is 1.45. The van der Waals surface area contributed by atoms with Crippen molar-refractivity contribution in [3.8, 4) is 5.75 Å². The minimum atomic E-state index is 0.0609. The molecule has 1 aliphatic rings. The maximum absolute atomic E-state index is 12.6. The summed E-state index contributed by atoms with van der Waals surface area (Å²) in [6.07, 6.45) is 1.62. The normalized spacial score (nSPS) is 15.2. The molecule has 5 nitrogen and oxygen atoms in total. The second kappa shape index (κ2) is 9.51. The first-order valence-electron chi connectivity index (χ1n) is 9.75. The lowest BCUT2D eigenvalue weighted by Crippen LogP contribution is -2.43. The summed E-state index contributed by atoms with van der Waals surface area (Å²) >= 11 is 0. The van der Waals surface area contributed by atoms with Gasteiger partial charge >= 0.3 is 0 Å². The molecule has 1 aliphatic heterocycles. The molecule has 0 aromatic heterocycles. The Bertz CT molecular complexity index is 781. The standard InChI is InChI=1S/C23H28N2O3/c1-24(16-18-8-10-21(28-2)11-9-18)22(26)17-25-14-12-20(13-15-25)23(27)19-6-4-3-5-7-19/h3-11,20H,12-17H2,1-2H3. The number of carbonyl (C=O) groups excluding carboxylic acids is 2. The van der Waals surface area contributed by atoms with Crippen LogP contribution in [0.5, 0.6) is 5.75 Å². The predicted octanol–water partition coefficient (Wildman–Crippen LogP) is 3.25. The van der Waals surface area contributed by atoms with Crippen LogP contribution in [0.1, 0.15) is 28.8 Å². The summed E-state index contributed by atoms with van der Waals surface area (Å²) < 4.78 is 5.16. The Morgan fingerprint density at radius 3 is 2.29 bits per heavy atom. The van der Waals surface area contributed by atoms with Crippen molar-refractivity contribution in [3.63, 3.8) is 0 Å². The largest absolute Gasteiger partial charge is 0.497 e. The van der Waals surface area contributed by atoms with Gasteiger partial charge in [-0.3, -0.25) is 14.5 Å². The van der Waals surface area contributed by atoms with Gasteiger partial charge in [-0.25, -0.2) is 0 Å². The van der Waals surface area contributed by atoms with Gasteiger partial charge in [-0.15, -0.1) is 0 Å². The lowest BCUT2D eigenvalue weighted by Gasteiger charge is -2.32. The fourth-order valence-electron chi connectivity index (χ4n) is 3.60. The molecule has 0 atom stereocenters. The second-order valence-corrected chi connectivity index (χ2v) is 7.38. The molecule has 0 spiro atoms. The molecule has 2 aromatic carbocycles. The van der Waals surface area contributed by atoms with Gasteiger partial charge in [0.15, 0.2) is 5.78 Å². The number of rotatable bonds is 7. The minimum absolute atomic E-state index is 0.0609. The maximum Gasteiger partial charge on any atom is 0.236 e. The number of hydrogen-bond acceptors (Lipinski definition) is 4. The van der Waals surface area contributed by atoms with E-state index in [9.17, 15) is 9.59 Å². The van der Waals surface area contributed by atoms with E-state index < -0.39 is 0 Å². The molecule has 0 saturated carbocycles. The van der Waals surface area contributed by atoms with E-state index in [1.54, 1.807) is 12.0 Å². The number of ether oxygens (including phenoxy) is 1. The zero-order valence-corrected chi connectivity index (χ0v) is 16.6. The van der Waals surface area contributed by atoms with Gasteiger partial charge in [-0.1, -0.05) is 42.5 Å². The number of likely N-dealkylation sites (N-methyl/N-ethyl adjacent to an activating group) is 1. The van der Waals surface area contributed by atoms with Crippen molar-refractivity contribution in [3.05, 3.63) is 65.7 Å². The molecule has 0 aliphatic carbocycles. The van der Waals surface area contributed by atoms with Crippen molar-refractivity contribution in [2.75, 3.05) is 33.8 Å². The summed E-state index contributed by atoms with van der Waals surface area (Å²) in [5.41, 5.74) is 1.86. The molecule has 3 rings (SSSR count). The fraction of sp³-hybridized carbons (Fsp3) is 0.391. The Hall–Kier alpha value is -2.66. The van der Waals surface area contributed by atoms with E-state index in [1.807, 2.05) is 61.6 Å². The summed E-state index contributed by atoms with van der Waals surface area (Å²) in [5.74, 6) is 1.20. The van der Waals surface area contributed by atoms with Crippen LogP contribution in [-0.2, 0) is 11.3 Å². The molecule has 1 heterocycles. The average molecular weight is 380 g/mol. The van der Waals surface area contributed by atoms with Crippen molar-refractivity contribution >= 4 is 11.7 Å². The highest BCUT2D eigenvalue weighted by Crippen LogP contribution is 2.22. The van der Waals surface area contributed by atoms with E-state index in [1.165, 1.54) is 0 Å². The Kier molecular flexibility index (Phi) is 6.82. The number of benzene rings is 2. The van der Waals surface area contributed by atoms with Crippen molar-refractivity contribution in [2.45, 2.75) is 19.4 Å². The van der Waals surface area contributed by atoms with Crippen LogP contribution in [0.15, 0.2) is 54.6 Å².